The molecule has 1 spiro atoms. The maximum absolute atomic E-state index is 12.9. The number of carbonyl (C=O) groups is 2. The molecule has 0 radical (unpaired) electrons. The fraction of sp³-hybridized carbons (Fsp3) is 0.875. The van der Waals surface area contributed by atoms with Crippen LogP contribution in [0.4, 0.5) is 0 Å². The molecule has 1 unspecified atom stereocenters. The second kappa shape index (κ2) is 5.95. The van der Waals surface area contributed by atoms with Crippen molar-refractivity contribution in [3.05, 3.63) is 0 Å². The first-order valence-corrected chi connectivity index (χ1v) is 8.41. The maximum Gasteiger partial charge on any atom is 0.248 e. The number of rotatable bonds is 2. The Bertz CT molecular complexity index is 418. The third-order valence-electron chi connectivity index (χ3n) is 5.47. The van der Waals surface area contributed by atoms with Crippen molar-refractivity contribution in [2.75, 3.05) is 26.7 Å². The zero-order valence-corrected chi connectivity index (χ0v) is 13.1. The molecule has 0 aromatic heterocycles. The quantitative estimate of drug-likeness (QED) is 0.830. The van der Waals surface area contributed by atoms with Crippen LogP contribution < -0.4 is 5.32 Å². The Kier molecular flexibility index (Phi) is 4.20. The highest BCUT2D eigenvalue weighted by molar-refractivity contribution is 5.98. The molecule has 2 amide bonds. The summed E-state index contributed by atoms with van der Waals surface area (Å²) in [6.45, 7) is 2.06. The molecule has 2 heterocycles. The van der Waals surface area contributed by atoms with E-state index in [1.807, 2.05) is 4.90 Å². The van der Waals surface area contributed by atoms with Crippen LogP contribution >= 0.6 is 0 Å². The summed E-state index contributed by atoms with van der Waals surface area (Å²) in [6, 6.07) is 0.411. The van der Waals surface area contributed by atoms with Crippen LogP contribution in [0.5, 0.6) is 0 Å². The topological polar surface area (TPSA) is 52.6 Å². The average molecular weight is 293 g/mol. The van der Waals surface area contributed by atoms with E-state index in [0.29, 0.717) is 12.6 Å². The van der Waals surface area contributed by atoms with Crippen molar-refractivity contribution in [3.8, 4) is 0 Å². The highest BCUT2D eigenvalue weighted by Crippen LogP contribution is 2.32. The summed E-state index contributed by atoms with van der Waals surface area (Å²) >= 11 is 0. The fourth-order valence-electron chi connectivity index (χ4n) is 4.18. The number of hydrogen-bond acceptors (Lipinski definition) is 3. The number of likely N-dealkylation sites (N-methyl/N-ethyl adjacent to an activating group) is 1. The normalized spacial score (nSPS) is 30.5. The summed E-state index contributed by atoms with van der Waals surface area (Å²) in [5.74, 6) is 0.190. The van der Waals surface area contributed by atoms with Crippen molar-refractivity contribution in [1.29, 1.82) is 0 Å². The SMILES string of the molecule is CN1CCCCC1CN1CC(=O)NC2(CCCCC2)C1=O. The zero-order chi connectivity index (χ0) is 14.9. The van der Waals surface area contributed by atoms with Crippen LogP contribution in [0.25, 0.3) is 0 Å². The third kappa shape index (κ3) is 2.93. The lowest BCUT2D eigenvalue weighted by atomic mass is 9.79. The Balaban J connectivity index is 1.71. The first kappa shape index (κ1) is 14.8. The van der Waals surface area contributed by atoms with E-state index in [1.54, 1.807) is 0 Å². The summed E-state index contributed by atoms with van der Waals surface area (Å²) in [5, 5.41) is 3.02. The Hall–Kier alpha value is -1.10. The molecule has 1 atom stereocenters. The van der Waals surface area contributed by atoms with Crippen LogP contribution in [0.1, 0.15) is 51.4 Å². The number of piperidine rings is 1. The minimum absolute atomic E-state index is 0.0231. The lowest BCUT2D eigenvalue weighted by Gasteiger charge is -2.46. The minimum Gasteiger partial charge on any atom is -0.340 e. The van der Waals surface area contributed by atoms with Crippen molar-refractivity contribution in [2.24, 2.45) is 0 Å². The van der Waals surface area contributed by atoms with Crippen LogP contribution in [0.15, 0.2) is 0 Å². The van der Waals surface area contributed by atoms with Gasteiger partial charge in [-0.2, -0.15) is 0 Å². The molecule has 1 saturated carbocycles. The predicted octanol–water partition coefficient (Wildman–Crippen LogP) is 1.13. The van der Waals surface area contributed by atoms with Gasteiger partial charge < -0.3 is 15.1 Å². The average Bonchev–Trinajstić information content (AvgIpc) is 2.47. The summed E-state index contributed by atoms with van der Waals surface area (Å²) in [5.41, 5.74) is -0.583. The Morgan fingerprint density at radius 2 is 1.90 bits per heavy atom. The van der Waals surface area contributed by atoms with E-state index in [4.69, 9.17) is 0 Å². The molecule has 0 bridgehead atoms. The van der Waals surface area contributed by atoms with E-state index in [0.717, 1.165) is 38.6 Å². The number of carbonyl (C=O) groups excluding carboxylic acids is 2. The Morgan fingerprint density at radius 3 is 2.62 bits per heavy atom. The number of likely N-dealkylation sites (tertiary alicyclic amines) is 1. The number of piperazine rings is 1. The van der Waals surface area contributed by atoms with Crippen LogP contribution in [0.2, 0.25) is 0 Å². The van der Waals surface area contributed by atoms with Crippen LogP contribution in [-0.4, -0.2) is 59.9 Å². The van der Waals surface area contributed by atoms with E-state index in [2.05, 4.69) is 17.3 Å². The summed E-state index contributed by atoms with van der Waals surface area (Å²) < 4.78 is 0. The van der Waals surface area contributed by atoms with E-state index in [9.17, 15) is 9.59 Å². The molecule has 118 valence electrons. The number of amides is 2. The standard InChI is InChI=1S/C16H27N3O2/c1-18-10-6-3-7-13(18)11-19-12-14(20)17-16(15(19)21)8-4-2-5-9-16/h13H,2-12H2,1H3,(H,17,20). The molecule has 3 aliphatic rings. The summed E-state index contributed by atoms with van der Waals surface area (Å²) in [6.07, 6.45) is 8.50. The highest BCUT2D eigenvalue weighted by atomic mass is 16.2. The first-order valence-electron chi connectivity index (χ1n) is 8.41. The number of nitrogens with zero attached hydrogens (tertiary/aromatic N) is 2. The van der Waals surface area contributed by atoms with E-state index in [1.165, 1.54) is 19.3 Å². The maximum atomic E-state index is 12.9. The minimum atomic E-state index is -0.583. The molecular weight excluding hydrogens is 266 g/mol. The van der Waals surface area contributed by atoms with Crippen molar-refractivity contribution in [2.45, 2.75) is 62.9 Å². The largest absolute Gasteiger partial charge is 0.340 e. The Labute approximate surface area is 127 Å². The third-order valence-corrected chi connectivity index (χ3v) is 5.47. The highest BCUT2D eigenvalue weighted by Gasteiger charge is 2.47. The lowest BCUT2D eigenvalue weighted by Crippen LogP contribution is -2.68. The van der Waals surface area contributed by atoms with E-state index >= 15 is 0 Å². The summed E-state index contributed by atoms with van der Waals surface area (Å²) in [7, 11) is 2.13. The van der Waals surface area contributed by atoms with Crippen molar-refractivity contribution in [3.63, 3.8) is 0 Å². The zero-order valence-electron chi connectivity index (χ0n) is 13.1. The fourth-order valence-corrected chi connectivity index (χ4v) is 4.18. The number of nitrogens with one attached hydrogen (secondary N) is 1. The van der Waals surface area contributed by atoms with Crippen molar-refractivity contribution < 1.29 is 9.59 Å². The lowest BCUT2D eigenvalue weighted by molar-refractivity contribution is -0.152. The van der Waals surface area contributed by atoms with Crippen LogP contribution in [-0.2, 0) is 9.59 Å². The molecule has 3 rings (SSSR count). The molecule has 5 nitrogen and oxygen atoms in total. The molecule has 0 aromatic carbocycles. The second-order valence-corrected chi connectivity index (χ2v) is 7.01. The van der Waals surface area contributed by atoms with Gasteiger partial charge in [-0.1, -0.05) is 25.7 Å². The first-order chi connectivity index (χ1) is 10.1. The predicted molar refractivity (Wildman–Crippen MR) is 80.8 cm³/mol. The van der Waals surface area contributed by atoms with Gasteiger partial charge in [0, 0.05) is 12.6 Å². The van der Waals surface area contributed by atoms with Gasteiger partial charge in [0.1, 0.15) is 5.54 Å². The van der Waals surface area contributed by atoms with Gasteiger partial charge >= 0.3 is 0 Å². The molecule has 21 heavy (non-hydrogen) atoms. The van der Waals surface area contributed by atoms with Gasteiger partial charge in [-0.25, -0.2) is 0 Å². The molecule has 5 heteroatoms. The molecule has 2 saturated heterocycles. The van der Waals surface area contributed by atoms with Crippen molar-refractivity contribution in [1.82, 2.24) is 15.1 Å². The van der Waals surface area contributed by atoms with Gasteiger partial charge in [0.05, 0.1) is 6.54 Å². The molecule has 2 aliphatic heterocycles. The Morgan fingerprint density at radius 1 is 1.14 bits per heavy atom. The summed E-state index contributed by atoms with van der Waals surface area (Å²) in [4.78, 5) is 29.2. The van der Waals surface area contributed by atoms with Gasteiger partial charge in [-0.15, -0.1) is 0 Å². The van der Waals surface area contributed by atoms with E-state index in [-0.39, 0.29) is 18.4 Å². The molecule has 1 aliphatic carbocycles. The van der Waals surface area contributed by atoms with Crippen LogP contribution in [0, 0.1) is 0 Å². The van der Waals surface area contributed by atoms with Gasteiger partial charge in [0.2, 0.25) is 11.8 Å². The van der Waals surface area contributed by atoms with Gasteiger partial charge in [0.15, 0.2) is 0 Å². The van der Waals surface area contributed by atoms with Gasteiger partial charge in [-0.05, 0) is 39.3 Å². The molecule has 3 fully saturated rings. The molecule has 0 aromatic rings. The van der Waals surface area contributed by atoms with Crippen molar-refractivity contribution >= 4 is 11.8 Å². The van der Waals surface area contributed by atoms with E-state index < -0.39 is 5.54 Å². The smallest absolute Gasteiger partial charge is 0.248 e. The molecular formula is C16H27N3O2. The van der Waals surface area contributed by atoms with Crippen LogP contribution in [0.3, 0.4) is 0 Å². The van der Waals surface area contributed by atoms with Gasteiger partial charge in [0.25, 0.3) is 0 Å². The number of hydrogen-bond donors (Lipinski definition) is 1. The second-order valence-electron chi connectivity index (χ2n) is 7.01. The monoisotopic (exact) mass is 293 g/mol. The molecule has 1 N–H and O–H groups in total. The van der Waals surface area contributed by atoms with Gasteiger partial charge in [-0.3, -0.25) is 9.59 Å².